The van der Waals surface area contributed by atoms with Crippen LogP contribution in [0.4, 0.5) is 0 Å². The Kier molecular flexibility index (Phi) is 19.4. The summed E-state index contributed by atoms with van der Waals surface area (Å²) in [6.07, 6.45) is 25.1. The molecule has 0 radical (unpaired) electrons. The first-order valence-corrected chi connectivity index (χ1v) is 13.2. The molecule has 0 aliphatic carbocycles. The molecule has 2 nitrogen and oxygen atoms in total. The molecular formula is C28H50O2. The van der Waals surface area contributed by atoms with Crippen LogP contribution in [0.2, 0.25) is 0 Å². The van der Waals surface area contributed by atoms with Crippen molar-refractivity contribution in [2.75, 3.05) is 0 Å². The lowest BCUT2D eigenvalue weighted by Crippen LogP contribution is -2.11. The molecule has 1 atom stereocenters. The summed E-state index contributed by atoms with van der Waals surface area (Å²) in [6, 6.07) is 10.1. The molecule has 0 bridgehead atoms. The van der Waals surface area contributed by atoms with Gasteiger partial charge < -0.3 is 9.84 Å². The number of rotatable bonds is 22. The highest BCUT2D eigenvalue weighted by atomic mass is 16.6. The van der Waals surface area contributed by atoms with Gasteiger partial charge in [0, 0.05) is 0 Å². The normalized spacial score (nSPS) is 12.3. The highest BCUT2D eigenvalue weighted by Crippen LogP contribution is 2.15. The molecule has 0 saturated carbocycles. The first-order valence-electron chi connectivity index (χ1n) is 13.2. The Labute approximate surface area is 187 Å². The van der Waals surface area contributed by atoms with Crippen molar-refractivity contribution < 1.29 is 9.84 Å². The maximum absolute atomic E-state index is 9.92. The first kappa shape index (κ1) is 27.2. The van der Waals surface area contributed by atoms with Gasteiger partial charge in [-0.1, -0.05) is 146 Å². The molecule has 0 aliphatic rings. The quantitative estimate of drug-likeness (QED) is 0.150. The van der Waals surface area contributed by atoms with E-state index in [4.69, 9.17) is 4.74 Å². The van der Waals surface area contributed by atoms with Crippen LogP contribution in [-0.4, -0.2) is 11.4 Å². The van der Waals surface area contributed by atoms with Crippen molar-refractivity contribution in [2.24, 2.45) is 0 Å². The summed E-state index contributed by atoms with van der Waals surface area (Å²) in [4.78, 5) is 0. The lowest BCUT2D eigenvalue weighted by molar-refractivity contribution is -0.112. The predicted octanol–water partition coefficient (Wildman–Crippen LogP) is 8.95. The van der Waals surface area contributed by atoms with Gasteiger partial charge in [0.15, 0.2) is 6.29 Å². The van der Waals surface area contributed by atoms with Crippen LogP contribution in [0.1, 0.15) is 134 Å². The van der Waals surface area contributed by atoms with Crippen molar-refractivity contribution in [1.82, 2.24) is 0 Å². The Bertz CT molecular complexity index is 445. The highest BCUT2D eigenvalue weighted by molar-refractivity contribution is 5.13. The lowest BCUT2D eigenvalue weighted by Gasteiger charge is -2.12. The van der Waals surface area contributed by atoms with E-state index in [0.717, 1.165) is 18.4 Å². The molecule has 1 aromatic rings. The van der Waals surface area contributed by atoms with Crippen LogP contribution in [0.25, 0.3) is 0 Å². The monoisotopic (exact) mass is 418 g/mol. The van der Waals surface area contributed by atoms with Gasteiger partial charge in [0.25, 0.3) is 0 Å². The summed E-state index contributed by atoms with van der Waals surface area (Å²) in [7, 11) is 0. The van der Waals surface area contributed by atoms with Crippen molar-refractivity contribution in [1.29, 1.82) is 0 Å². The molecule has 30 heavy (non-hydrogen) atoms. The predicted molar refractivity (Wildman–Crippen MR) is 131 cm³/mol. The highest BCUT2D eigenvalue weighted by Gasteiger charge is 2.04. The number of hydrogen-bond acceptors (Lipinski definition) is 2. The van der Waals surface area contributed by atoms with E-state index in [1.165, 1.54) is 109 Å². The van der Waals surface area contributed by atoms with Crippen LogP contribution in [-0.2, 0) is 11.3 Å². The van der Waals surface area contributed by atoms with Crippen molar-refractivity contribution in [3.63, 3.8) is 0 Å². The van der Waals surface area contributed by atoms with E-state index in [1.807, 2.05) is 30.3 Å². The van der Waals surface area contributed by atoms with E-state index in [-0.39, 0.29) is 0 Å². The fraction of sp³-hybridized carbons (Fsp3) is 0.786. The summed E-state index contributed by atoms with van der Waals surface area (Å²) in [5.74, 6) is 0. The summed E-state index contributed by atoms with van der Waals surface area (Å²) in [5.41, 5.74) is 1.12. The topological polar surface area (TPSA) is 29.5 Å². The van der Waals surface area contributed by atoms with Gasteiger partial charge in [-0.15, -0.1) is 0 Å². The molecule has 1 unspecified atom stereocenters. The van der Waals surface area contributed by atoms with Crippen molar-refractivity contribution in [3.8, 4) is 0 Å². The molecule has 0 amide bonds. The van der Waals surface area contributed by atoms with Gasteiger partial charge in [0.2, 0.25) is 0 Å². The van der Waals surface area contributed by atoms with Gasteiger partial charge in [0.1, 0.15) is 0 Å². The molecule has 2 heteroatoms. The van der Waals surface area contributed by atoms with Crippen LogP contribution < -0.4 is 0 Å². The standard InChI is InChI=1S/C28H50O2/c1-2-3-4-5-6-7-8-9-10-11-12-13-14-15-16-17-18-22-25-28(29)30-26-27-23-20-19-21-24-27/h19-21,23-24,28-29H,2-18,22,25-26H2,1H3. The Morgan fingerprint density at radius 1 is 0.600 bits per heavy atom. The van der Waals surface area contributed by atoms with Gasteiger partial charge in [-0.25, -0.2) is 0 Å². The fourth-order valence-corrected chi connectivity index (χ4v) is 4.07. The number of aliphatic hydroxyl groups excluding tert-OH is 1. The van der Waals surface area contributed by atoms with Crippen LogP contribution in [0, 0.1) is 0 Å². The summed E-state index contributed by atoms with van der Waals surface area (Å²) < 4.78 is 5.52. The van der Waals surface area contributed by atoms with Crippen LogP contribution >= 0.6 is 0 Å². The second-order valence-corrected chi connectivity index (χ2v) is 9.05. The summed E-state index contributed by atoms with van der Waals surface area (Å²) >= 11 is 0. The maximum atomic E-state index is 9.92. The van der Waals surface area contributed by atoms with E-state index in [9.17, 15) is 5.11 Å². The van der Waals surface area contributed by atoms with E-state index >= 15 is 0 Å². The average molecular weight is 419 g/mol. The molecule has 0 aromatic heterocycles. The van der Waals surface area contributed by atoms with Gasteiger partial charge in [-0.3, -0.25) is 0 Å². The Balaban J connectivity index is 1.72. The minimum Gasteiger partial charge on any atom is -0.368 e. The van der Waals surface area contributed by atoms with Crippen molar-refractivity contribution in [3.05, 3.63) is 35.9 Å². The zero-order chi connectivity index (χ0) is 21.5. The van der Waals surface area contributed by atoms with Crippen LogP contribution in [0.3, 0.4) is 0 Å². The molecule has 0 heterocycles. The average Bonchev–Trinajstić information content (AvgIpc) is 2.77. The molecule has 1 aromatic carbocycles. The van der Waals surface area contributed by atoms with Crippen LogP contribution in [0.15, 0.2) is 30.3 Å². The Morgan fingerprint density at radius 2 is 1.00 bits per heavy atom. The maximum Gasteiger partial charge on any atom is 0.154 e. The lowest BCUT2D eigenvalue weighted by atomic mass is 10.0. The Morgan fingerprint density at radius 3 is 1.43 bits per heavy atom. The number of aliphatic hydroxyl groups is 1. The Hall–Kier alpha value is -0.860. The zero-order valence-electron chi connectivity index (χ0n) is 20.0. The number of benzene rings is 1. The summed E-state index contributed by atoms with van der Waals surface area (Å²) in [6.45, 7) is 2.79. The van der Waals surface area contributed by atoms with Gasteiger partial charge >= 0.3 is 0 Å². The number of hydrogen-bond donors (Lipinski definition) is 1. The molecule has 1 rings (SSSR count). The molecule has 0 fully saturated rings. The second kappa shape index (κ2) is 21.4. The smallest absolute Gasteiger partial charge is 0.154 e. The fourth-order valence-electron chi connectivity index (χ4n) is 4.07. The second-order valence-electron chi connectivity index (χ2n) is 9.05. The van der Waals surface area contributed by atoms with Crippen molar-refractivity contribution in [2.45, 2.75) is 142 Å². The molecule has 0 aliphatic heterocycles. The molecule has 174 valence electrons. The van der Waals surface area contributed by atoms with Gasteiger partial charge in [0.05, 0.1) is 6.61 Å². The van der Waals surface area contributed by atoms with E-state index in [2.05, 4.69) is 6.92 Å². The molecule has 0 spiro atoms. The SMILES string of the molecule is CCCCCCCCCCCCCCCCCCCCC(O)OCc1ccccc1. The molecular weight excluding hydrogens is 368 g/mol. The minimum atomic E-state index is -0.619. The number of unbranched alkanes of at least 4 members (excludes halogenated alkanes) is 17. The largest absolute Gasteiger partial charge is 0.368 e. The molecule has 1 N–H and O–H groups in total. The summed E-state index contributed by atoms with van der Waals surface area (Å²) in [5, 5.41) is 9.92. The number of ether oxygens (including phenoxy) is 1. The van der Waals surface area contributed by atoms with Gasteiger partial charge in [-0.05, 0) is 18.4 Å². The van der Waals surface area contributed by atoms with Crippen LogP contribution in [0.5, 0.6) is 0 Å². The van der Waals surface area contributed by atoms with E-state index in [0.29, 0.717) is 6.61 Å². The third-order valence-electron chi connectivity index (χ3n) is 6.09. The first-order chi connectivity index (χ1) is 14.8. The van der Waals surface area contributed by atoms with E-state index in [1.54, 1.807) is 0 Å². The van der Waals surface area contributed by atoms with Gasteiger partial charge in [-0.2, -0.15) is 0 Å². The zero-order valence-corrected chi connectivity index (χ0v) is 20.0. The minimum absolute atomic E-state index is 0.501. The molecule has 0 saturated heterocycles. The van der Waals surface area contributed by atoms with E-state index < -0.39 is 6.29 Å². The third kappa shape index (κ3) is 18.0. The van der Waals surface area contributed by atoms with Crippen molar-refractivity contribution >= 4 is 0 Å². The third-order valence-corrected chi connectivity index (χ3v) is 6.09.